The number of aromatic nitrogens is 3. The van der Waals surface area contributed by atoms with Crippen LogP contribution in [0.4, 0.5) is 4.39 Å². The van der Waals surface area contributed by atoms with E-state index in [1.807, 2.05) is 19.1 Å². The largest absolute Gasteiger partial charge is 0.313 e. The molecule has 4 nitrogen and oxygen atoms in total. The third-order valence-electron chi connectivity index (χ3n) is 2.74. The van der Waals surface area contributed by atoms with Crippen molar-refractivity contribution in [3.63, 3.8) is 0 Å². The highest BCUT2D eigenvalue weighted by Gasteiger charge is 2.02. The van der Waals surface area contributed by atoms with Gasteiger partial charge in [0.05, 0.1) is 12.4 Å². The lowest BCUT2D eigenvalue weighted by molar-refractivity contribution is 0.459. The maximum Gasteiger partial charge on any atom is 0.138 e. The molecule has 2 aromatic rings. The molecule has 0 atom stereocenters. The van der Waals surface area contributed by atoms with Crippen molar-refractivity contribution < 1.29 is 4.39 Å². The van der Waals surface area contributed by atoms with E-state index in [0.717, 1.165) is 17.8 Å². The Hall–Kier alpha value is -1.75. The van der Waals surface area contributed by atoms with Crippen LogP contribution in [0.3, 0.4) is 0 Å². The molecule has 0 aliphatic carbocycles. The average Bonchev–Trinajstić information content (AvgIpc) is 2.88. The molecule has 1 N–H and O–H groups in total. The Balaban J connectivity index is 2.01. The third kappa shape index (κ3) is 3.13. The molecule has 96 valence electrons. The van der Waals surface area contributed by atoms with Crippen molar-refractivity contribution in [1.29, 1.82) is 0 Å². The van der Waals surface area contributed by atoms with Crippen molar-refractivity contribution in [2.75, 3.05) is 13.2 Å². The SMILES string of the molecule is Cc1cc(CNCCCF)ccc1-n1cncn1. The summed E-state index contributed by atoms with van der Waals surface area (Å²) >= 11 is 0. The van der Waals surface area contributed by atoms with Crippen LogP contribution in [0.25, 0.3) is 5.69 Å². The molecule has 2 rings (SSSR count). The van der Waals surface area contributed by atoms with Crippen molar-refractivity contribution in [2.45, 2.75) is 19.9 Å². The minimum atomic E-state index is -0.267. The summed E-state index contributed by atoms with van der Waals surface area (Å²) in [7, 11) is 0. The molecule has 0 unspecified atom stereocenters. The van der Waals surface area contributed by atoms with Gasteiger partial charge in [-0.3, -0.25) is 4.39 Å². The molecule has 0 saturated carbocycles. The highest BCUT2D eigenvalue weighted by Crippen LogP contribution is 2.14. The van der Waals surface area contributed by atoms with Crippen LogP contribution in [-0.4, -0.2) is 28.0 Å². The molecule has 0 bridgehead atoms. The van der Waals surface area contributed by atoms with Gasteiger partial charge in [-0.15, -0.1) is 0 Å². The molecule has 18 heavy (non-hydrogen) atoms. The highest BCUT2D eigenvalue weighted by molar-refractivity contribution is 5.41. The monoisotopic (exact) mass is 248 g/mol. The Morgan fingerprint density at radius 2 is 2.28 bits per heavy atom. The van der Waals surface area contributed by atoms with Crippen molar-refractivity contribution in [3.05, 3.63) is 42.0 Å². The fourth-order valence-electron chi connectivity index (χ4n) is 1.84. The Bertz CT molecular complexity index is 482. The quantitative estimate of drug-likeness (QED) is 0.795. The van der Waals surface area contributed by atoms with E-state index in [1.54, 1.807) is 11.0 Å². The van der Waals surface area contributed by atoms with Crippen LogP contribution in [-0.2, 0) is 6.54 Å². The van der Waals surface area contributed by atoms with Crippen LogP contribution in [0, 0.1) is 6.92 Å². The van der Waals surface area contributed by atoms with Gasteiger partial charge in [-0.25, -0.2) is 9.67 Å². The van der Waals surface area contributed by atoms with Crippen LogP contribution in [0.5, 0.6) is 0 Å². The number of hydrogen-bond acceptors (Lipinski definition) is 3. The lowest BCUT2D eigenvalue weighted by atomic mass is 10.1. The number of nitrogens with zero attached hydrogens (tertiary/aromatic N) is 3. The highest BCUT2D eigenvalue weighted by atomic mass is 19.1. The lowest BCUT2D eigenvalue weighted by Gasteiger charge is -2.09. The summed E-state index contributed by atoms with van der Waals surface area (Å²) in [5.74, 6) is 0. The molecule has 0 fully saturated rings. The smallest absolute Gasteiger partial charge is 0.138 e. The molecule has 1 heterocycles. The van der Waals surface area contributed by atoms with E-state index in [1.165, 1.54) is 11.9 Å². The Kier molecular flexibility index (Phi) is 4.41. The van der Waals surface area contributed by atoms with Gasteiger partial charge in [0.15, 0.2) is 0 Å². The Morgan fingerprint density at radius 1 is 1.39 bits per heavy atom. The number of hydrogen-bond donors (Lipinski definition) is 1. The zero-order valence-electron chi connectivity index (χ0n) is 10.4. The topological polar surface area (TPSA) is 42.7 Å². The Morgan fingerprint density at radius 3 is 2.94 bits per heavy atom. The molecule has 0 spiro atoms. The van der Waals surface area contributed by atoms with Crippen molar-refractivity contribution in [3.8, 4) is 5.69 Å². The summed E-state index contributed by atoms with van der Waals surface area (Å²) in [5, 5.41) is 7.32. The van der Waals surface area contributed by atoms with Gasteiger partial charge in [0.2, 0.25) is 0 Å². The van der Waals surface area contributed by atoms with Crippen LogP contribution in [0.1, 0.15) is 17.5 Å². The molecule has 1 aromatic carbocycles. The van der Waals surface area contributed by atoms with Gasteiger partial charge in [-0.05, 0) is 37.1 Å². The molecule has 0 aliphatic rings. The third-order valence-corrected chi connectivity index (χ3v) is 2.74. The first-order valence-electron chi connectivity index (χ1n) is 6.02. The molecule has 5 heteroatoms. The van der Waals surface area contributed by atoms with Crippen molar-refractivity contribution in [2.24, 2.45) is 0 Å². The molecular weight excluding hydrogens is 231 g/mol. The molecular formula is C13H17FN4. The molecule has 0 amide bonds. The van der Waals surface area contributed by atoms with Gasteiger partial charge in [0, 0.05) is 6.54 Å². The second-order valence-electron chi connectivity index (χ2n) is 4.18. The predicted molar refractivity (Wildman–Crippen MR) is 68.4 cm³/mol. The Labute approximate surface area is 106 Å². The van der Waals surface area contributed by atoms with Gasteiger partial charge in [0.25, 0.3) is 0 Å². The normalized spacial score (nSPS) is 10.8. The van der Waals surface area contributed by atoms with Crippen LogP contribution in [0.15, 0.2) is 30.9 Å². The van der Waals surface area contributed by atoms with Gasteiger partial charge in [0.1, 0.15) is 12.7 Å². The summed E-state index contributed by atoms with van der Waals surface area (Å²) in [6.45, 7) is 3.25. The predicted octanol–water partition coefficient (Wildman–Crippen LogP) is 2.02. The molecule has 0 aliphatic heterocycles. The van der Waals surface area contributed by atoms with E-state index in [0.29, 0.717) is 13.0 Å². The van der Waals surface area contributed by atoms with Gasteiger partial charge >= 0.3 is 0 Å². The summed E-state index contributed by atoms with van der Waals surface area (Å²) < 4.78 is 13.7. The molecule has 0 radical (unpaired) electrons. The lowest BCUT2D eigenvalue weighted by Crippen LogP contribution is -2.15. The van der Waals surface area contributed by atoms with Crippen LogP contribution in [0.2, 0.25) is 0 Å². The number of benzene rings is 1. The number of halogens is 1. The van der Waals surface area contributed by atoms with Crippen LogP contribution < -0.4 is 5.32 Å². The van der Waals surface area contributed by atoms with E-state index in [9.17, 15) is 4.39 Å². The summed E-state index contributed by atoms with van der Waals surface area (Å²) in [4.78, 5) is 3.94. The summed E-state index contributed by atoms with van der Waals surface area (Å²) in [6, 6.07) is 6.18. The van der Waals surface area contributed by atoms with Crippen LogP contribution >= 0.6 is 0 Å². The number of aryl methyl sites for hydroxylation is 1. The fourth-order valence-corrected chi connectivity index (χ4v) is 1.84. The van der Waals surface area contributed by atoms with Gasteiger partial charge in [-0.2, -0.15) is 5.10 Å². The summed E-state index contributed by atoms with van der Waals surface area (Å²) in [5.41, 5.74) is 3.36. The zero-order valence-corrected chi connectivity index (χ0v) is 10.4. The second kappa shape index (κ2) is 6.26. The summed E-state index contributed by atoms with van der Waals surface area (Å²) in [6.07, 6.45) is 3.77. The maximum atomic E-state index is 11.9. The minimum Gasteiger partial charge on any atom is -0.313 e. The second-order valence-corrected chi connectivity index (χ2v) is 4.18. The molecule has 1 aromatic heterocycles. The standard InChI is InChI=1S/C13H17FN4/c1-11-7-12(8-15-6-2-5-14)3-4-13(11)18-10-16-9-17-18/h3-4,7,9-10,15H,2,5-6,8H2,1H3. The van der Waals surface area contributed by atoms with E-state index < -0.39 is 0 Å². The van der Waals surface area contributed by atoms with Crippen molar-refractivity contribution in [1.82, 2.24) is 20.1 Å². The van der Waals surface area contributed by atoms with E-state index in [2.05, 4.69) is 21.5 Å². The van der Waals surface area contributed by atoms with Gasteiger partial charge < -0.3 is 5.32 Å². The first-order valence-corrected chi connectivity index (χ1v) is 6.02. The average molecular weight is 248 g/mol. The maximum absolute atomic E-state index is 11.9. The fraction of sp³-hybridized carbons (Fsp3) is 0.385. The van der Waals surface area contributed by atoms with E-state index in [-0.39, 0.29) is 6.67 Å². The van der Waals surface area contributed by atoms with E-state index in [4.69, 9.17) is 0 Å². The van der Waals surface area contributed by atoms with Crippen molar-refractivity contribution >= 4 is 0 Å². The number of rotatable bonds is 6. The number of alkyl halides is 1. The molecule has 0 saturated heterocycles. The number of nitrogens with one attached hydrogen (secondary N) is 1. The van der Waals surface area contributed by atoms with Gasteiger partial charge in [-0.1, -0.05) is 12.1 Å². The first-order chi connectivity index (χ1) is 8.81. The minimum absolute atomic E-state index is 0.267. The van der Waals surface area contributed by atoms with E-state index >= 15 is 0 Å². The zero-order chi connectivity index (χ0) is 12.8. The first kappa shape index (κ1) is 12.7.